The van der Waals surface area contributed by atoms with E-state index in [1.54, 1.807) is 17.9 Å². The van der Waals surface area contributed by atoms with Gasteiger partial charge in [-0.05, 0) is 18.6 Å². The van der Waals surface area contributed by atoms with Gasteiger partial charge in [0.15, 0.2) is 0 Å². The maximum absolute atomic E-state index is 12.8. The van der Waals surface area contributed by atoms with Crippen molar-refractivity contribution in [2.24, 2.45) is 0 Å². The van der Waals surface area contributed by atoms with Crippen molar-refractivity contribution < 1.29 is 22.9 Å². The molecule has 1 fully saturated rings. The van der Waals surface area contributed by atoms with Crippen molar-refractivity contribution in [3.8, 4) is 0 Å². The second-order valence-electron chi connectivity index (χ2n) is 6.91. The molecule has 0 N–H and O–H groups in total. The van der Waals surface area contributed by atoms with Crippen LogP contribution in [-0.2, 0) is 17.5 Å². The van der Waals surface area contributed by atoms with E-state index in [4.69, 9.17) is 0 Å². The van der Waals surface area contributed by atoms with Gasteiger partial charge in [0.25, 0.3) is 0 Å². The van der Waals surface area contributed by atoms with Crippen molar-refractivity contribution >= 4 is 11.6 Å². The molecule has 0 bridgehead atoms. The average Bonchev–Trinajstić information content (AvgIpc) is 3.17. The standard InChI is InChI=1S/C18H20F3N5O3/c1-13(25-12-16(10-22-25)26(28)29)17(27)24-7-5-23(6-8-24)11-14-3-2-4-15(9-14)18(19,20)21/h2-4,9-10,12-13H,5-8,11H2,1H3. The van der Waals surface area contributed by atoms with E-state index in [2.05, 4.69) is 5.10 Å². The maximum atomic E-state index is 12.8. The Morgan fingerprint density at radius 3 is 2.55 bits per heavy atom. The summed E-state index contributed by atoms with van der Waals surface area (Å²) in [5, 5.41) is 14.6. The second-order valence-corrected chi connectivity index (χ2v) is 6.91. The highest BCUT2D eigenvalue weighted by molar-refractivity contribution is 5.80. The molecule has 2 heterocycles. The van der Waals surface area contributed by atoms with Crippen molar-refractivity contribution in [2.45, 2.75) is 25.7 Å². The third-order valence-electron chi connectivity index (χ3n) is 4.90. The fourth-order valence-corrected chi connectivity index (χ4v) is 3.24. The highest BCUT2D eigenvalue weighted by Gasteiger charge is 2.31. The topological polar surface area (TPSA) is 84.5 Å². The summed E-state index contributed by atoms with van der Waals surface area (Å²) in [4.78, 5) is 26.5. The zero-order valence-electron chi connectivity index (χ0n) is 15.7. The van der Waals surface area contributed by atoms with Gasteiger partial charge in [-0.3, -0.25) is 24.5 Å². The molecule has 0 radical (unpaired) electrons. The molecule has 11 heteroatoms. The number of hydrogen-bond donors (Lipinski definition) is 0. The molecular weight excluding hydrogens is 391 g/mol. The quantitative estimate of drug-likeness (QED) is 0.558. The van der Waals surface area contributed by atoms with Crippen LogP contribution in [0.25, 0.3) is 0 Å². The Kier molecular flexibility index (Phi) is 5.87. The van der Waals surface area contributed by atoms with Gasteiger partial charge in [0.1, 0.15) is 18.4 Å². The molecule has 1 amide bonds. The van der Waals surface area contributed by atoms with E-state index < -0.39 is 22.7 Å². The Morgan fingerprint density at radius 1 is 1.28 bits per heavy atom. The van der Waals surface area contributed by atoms with Gasteiger partial charge in [-0.2, -0.15) is 18.3 Å². The minimum absolute atomic E-state index is 0.185. The number of aromatic nitrogens is 2. The zero-order valence-corrected chi connectivity index (χ0v) is 15.7. The summed E-state index contributed by atoms with van der Waals surface area (Å²) in [6, 6.07) is 4.55. The van der Waals surface area contributed by atoms with Crippen molar-refractivity contribution in [3.63, 3.8) is 0 Å². The van der Waals surface area contributed by atoms with Gasteiger partial charge in [0, 0.05) is 32.7 Å². The van der Waals surface area contributed by atoms with Gasteiger partial charge < -0.3 is 4.90 Å². The maximum Gasteiger partial charge on any atom is 0.416 e. The Morgan fingerprint density at radius 2 is 1.97 bits per heavy atom. The molecule has 0 aliphatic carbocycles. The third kappa shape index (κ3) is 4.91. The van der Waals surface area contributed by atoms with Crippen LogP contribution in [0.5, 0.6) is 0 Å². The van der Waals surface area contributed by atoms with Crippen molar-refractivity contribution in [1.82, 2.24) is 19.6 Å². The predicted molar refractivity (Wildman–Crippen MR) is 96.9 cm³/mol. The molecule has 0 saturated carbocycles. The van der Waals surface area contributed by atoms with E-state index in [1.807, 2.05) is 4.90 Å². The Balaban J connectivity index is 1.56. The average molecular weight is 411 g/mol. The molecule has 0 spiro atoms. The first kappa shape index (κ1) is 20.8. The number of benzene rings is 1. The molecular formula is C18H20F3N5O3. The minimum Gasteiger partial charge on any atom is -0.338 e. The number of nitro groups is 1. The smallest absolute Gasteiger partial charge is 0.338 e. The van der Waals surface area contributed by atoms with E-state index in [9.17, 15) is 28.1 Å². The van der Waals surface area contributed by atoms with Crippen molar-refractivity contribution in [2.75, 3.05) is 26.2 Å². The molecule has 1 aromatic carbocycles. The molecule has 8 nitrogen and oxygen atoms in total. The minimum atomic E-state index is -4.38. The molecule has 3 rings (SSSR count). The molecule has 1 aliphatic heterocycles. The van der Waals surface area contributed by atoms with Crippen LogP contribution in [0.3, 0.4) is 0 Å². The monoisotopic (exact) mass is 411 g/mol. The summed E-state index contributed by atoms with van der Waals surface area (Å²) in [5.41, 5.74) is -0.293. The van der Waals surface area contributed by atoms with E-state index in [0.29, 0.717) is 38.3 Å². The molecule has 1 aromatic heterocycles. The van der Waals surface area contributed by atoms with Crippen LogP contribution < -0.4 is 0 Å². The summed E-state index contributed by atoms with van der Waals surface area (Å²) in [6.07, 6.45) is -2.07. The van der Waals surface area contributed by atoms with Crippen LogP contribution in [0, 0.1) is 10.1 Å². The number of piperazine rings is 1. The largest absolute Gasteiger partial charge is 0.416 e. The lowest BCUT2D eigenvalue weighted by Gasteiger charge is -2.36. The van der Waals surface area contributed by atoms with Gasteiger partial charge in [0.2, 0.25) is 5.91 Å². The Bertz CT molecular complexity index is 891. The van der Waals surface area contributed by atoms with Crippen LogP contribution in [0.15, 0.2) is 36.7 Å². The normalized spacial score (nSPS) is 16.6. The fraction of sp³-hybridized carbons (Fsp3) is 0.444. The summed E-state index contributed by atoms with van der Waals surface area (Å²) in [5.74, 6) is -0.207. The SMILES string of the molecule is CC(C(=O)N1CCN(Cc2cccc(C(F)(F)F)c2)CC1)n1cc([N+](=O)[O-])cn1. The Hall–Kier alpha value is -2.95. The van der Waals surface area contributed by atoms with Crippen LogP contribution in [-0.4, -0.2) is 56.6 Å². The number of hydrogen-bond acceptors (Lipinski definition) is 5. The van der Waals surface area contributed by atoms with Crippen LogP contribution in [0.1, 0.15) is 24.1 Å². The molecule has 1 atom stereocenters. The highest BCUT2D eigenvalue weighted by Crippen LogP contribution is 2.29. The van der Waals surface area contributed by atoms with Gasteiger partial charge in [-0.1, -0.05) is 18.2 Å². The van der Waals surface area contributed by atoms with Gasteiger partial charge in [0.05, 0.1) is 10.5 Å². The van der Waals surface area contributed by atoms with Crippen LogP contribution in [0.4, 0.5) is 18.9 Å². The van der Waals surface area contributed by atoms with E-state index in [0.717, 1.165) is 18.3 Å². The lowest BCUT2D eigenvalue weighted by Crippen LogP contribution is -2.49. The predicted octanol–water partition coefficient (Wildman–Crippen LogP) is 2.72. The number of nitrogens with zero attached hydrogens (tertiary/aromatic N) is 5. The van der Waals surface area contributed by atoms with Crippen molar-refractivity contribution in [3.05, 3.63) is 57.9 Å². The highest BCUT2D eigenvalue weighted by atomic mass is 19.4. The summed E-state index contributed by atoms with van der Waals surface area (Å²) in [6.45, 7) is 3.87. The van der Waals surface area contributed by atoms with E-state index in [1.165, 1.54) is 16.9 Å². The van der Waals surface area contributed by atoms with E-state index in [-0.39, 0.29) is 11.6 Å². The second kappa shape index (κ2) is 8.19. The fourth-order valence-electron chi connectivity index (χ4n) is 3.24. The molecule has 156 valence electrons. The molecule has 1 unspecified atom stereocenters. The first-order valence-electron chi connectivity index (χ1n) is 9.01. The zero-order chi connectivity index (χ0) is 21.2. The lowest BCUT2D eigenvalue weighted by atomic mass is 10.1. The number of carbonyl (C=O) groups is 1. The van der Waals surface area contributed by atoms with E-state index >= 15 is 0 Å². The number of halogens is 3. The van der Waals surface area contributed by atoms with Gasteiger partial charge >= 0.3 is 11.9 Å². The Labute approximate surface area is 164 Å². The lowest BCUT2D eigenvalue weighted by molar-refractivity contribution is -0.385. The van der Waals surface area contributed by atoms with Gasteiger partial charge in [-0.25, -0.2) is 0 Å². The van der Waals surface area contributed by atoms with Crippen molar-refractivity contribution in [1.29, 1.82) is 0 Å². The van der Waals surface area contributed by atoms with Crippen LogP contribution in [0.2, 0.25) is 0 Å². The first-order valence-corrected chi connectivity index (χ1v) is 9.01. The van der Waals surface area contributed by atoms with Crippen LogP contribution >= 0.6 is 0 Å². The number of carbonyl (C=O) groups excluding carboxylic acids is 1. The molecule has 2 aromatic rings. The van der Waals surface area contributed by atoms with Gasteiger partial charge in [-0.15, -0.1) is 0 Å². The third-order valence-corrected chi connectivity index (χ3v) is 4.90. The summed E-state index contributed by atoms with van der Waals surface area (Å²) in [7, 11) is 0. The molecule has 1 saturated heterocycles. The number of alkyl halides is 3. The summed E-state index contributed by atoms with van der Waals surface area (Å²) >= 11 is 0. The number of amides is 1. The molecule has 1 aliphatic rings. The summed E-state index contributed by atoms with van der Waals surface area (Å²) < 4.78 is 39.8. The number of rotatable bonds is 5. The molecule has 29 heavy (non-hydrogen) atoms. The first-order chi connectivity index (χ1) is 13.6.